The number of aliphatic carboxylic acids is 1. The Morgan fingerprint density at radius 2 is 2.50 bits per heavy atom. The molecule has 1 aromatic rings. The van der Waals surface area contributed by atoms with Gasteiger partial charge in [-0.3, -0.25) is 4.99 Å². The monoisotopic (exact) mass is 166 g/mol. The third-order valence-electron chi connectivity index (χ3n) is 1.55. The van der Waals surface area contributed by atoms with Crippen LogP contribution < -0.4 is 5.32 Å². The van der Waals surface area contributed by atoms with Crippen LogP contribution in [0, 0.1) is 0 Å². The van der Waals surface area contributed by atoms with E-state index in [1.165, 1.54) is 6.33 Å². The van der Waals surface area contributed by atoms with Crippen molar-refractivity contribution in [2.75, 3.05) is 5.32 Å². The third kappa shape index (κ3) is 0.931. The Morgan fingerprint density at radius 3 is 3.25 bits per heavy atom. The lowest BCUT2D eigenvalue weighted by atomic mass is 10.3. The number of imidazole rings is 1. The van der Waals surface area contributed by atoms with Crippen molar-refractivity contribution in [3.8, 4) is 0 Å². The Bertz CT molecular complexity index is 354. The van der Waals surface area contributed by atoms with Gasteiger partial charge in [0, 0.05) is 0 Å². The van der Waals surface area contributed by atoms with Crippen molar-refractivity contribution in [1.29, 1.82) is 0 Å². The van der Waals surface area contributed by atoms with Crippen LogP contribution in [0.5, 0.6) is 0 Å². The maximum Gasteiger partial charge on any atom is 0.371 e. The molecule has 0 amide bonds. The van der Waals surface area contributed by atoms with Gasteiger partial charge in [-0.25, -0.2) is 9.78 Å². The average molecular weight is 166 g/mol. The van der Waals surface area contributed by atoms with E-state index >= 15 is 0 Å². The van der Waals surface area contributed by atoms with Crippen molar-refractivity contribution in [3.63, 3.8) is 0 Å². The fraction of sp³-hybridized carbons (Fsp3) is 0.167. The van der Waals surface area contributed by atoms with E-state index in [1.807, 2.05) is 0 Å². The highest BCUT2D eigenvalue weighted by Crippen LogP contribution is 2.14. The lowest BCUT2D eigenvalue weighted by Gasteiger charge is -2.09. The molecule has 0 saturated carbocycles. The molecule has 1 aliphatic rings. The largest absolute Gasteiger partial charge is 0.475 e. The molecular weight excluding hydrogens is 160 g/mol. The molecule has 3 N–H and O–H groups in total. The number of aromatic amines is 1. The van der Waals surface area contributed by atoms with Gasteiger partial charge in [-0.2, -0.15) is 0 Å². The number of hydrogen-bond acceptors (Lipinski definition) is 4. The summed E-state index contributed by atoms with van der Waals surface area (Å²) >= 11 is 0. The van der Waals surface area contributed by atoms with E-state index in [0.717, 1.165) is 5.69 Å². The minimum Gasteiger partial charge on any atom is -0.475 e. The summed E-state index contributed by atoms with van der Waals surface area (Å²) in [5.41, 5.74) is 0.806. The molecule has 0 fully saturated rings. The zero-order valence-electron chi connectivity index (χ0n) is 6.03. The summed E-state index contributed by atoms with van der Waals surface area (Å²) in [5, 5.41) is 11.2. The summed E-state index contributed by atoms with van der Waals surface area (Å²) in [4.78, 5) is 21.0. The Balaban J connectivity index is 2.29. The number of anilines is 1. The standard InChI is InChI=1S/C6H6N4O2/c11-6(12)5-7-1-3-4(10-5)9-2-8-3/h2H,1H2,(H,7,10)(H,8,9)(H,11,12). The van der Waals surface area contributed by atoms with Crippen molar-refractivity contribution in [3.05, 3.63) is 12.0 Å². The maximum absolute atomic E-state index is 10.5. The average Bonchev–Trinajstić information content (AvgIpc) is 2.49. The summed E-state index contributed by atoms with van der Waals surface area (Å²) in [5.74, 6) is -0.583. The lowest BCUT2D eigenvalue weighted by Crippen LogP contribution is -2.26. The summed E-state index contributed by atoms with van der Waals surface area (Å²) in [6, 6.07) is 0. The molecule has 0 atom stereocenters. The predicted octanol–water partition coefficient (Wildman–Crippen LogP) is -0.182. The number of amidine groups is 1. The first-order valence-electron chi connectivity index (χ1n) is 3.34. The molecule has 2 rings (SSSR count). The van der Waals surface area contributed by atoms with Crippen LogP contribution >= 0.6 is 0 Å². The normalized spacial score (nSPS) is 14.5. The Kier molecular flexibility index (Phi) is 1.33. The molecule has 6 nitrogen and oxygen atoms in total. The van der Waals surface area contributed by atoms with E-state index in [2.05, 4.69) is 20.3 Å². The van der Waals surface area contributed by atoms with E-state index in [-0.39, 0.29) is 5.84 Å². The number of nitrogens with zero attached hydrogens (tertiary/aromatic N) is 2. The van der Waals surface area contributed by atoms with Crippen molar-refractivity contribution in [2.24, 2.45) is 4.99 Å². The van der Waals surface area contributed by atoms with Crippen LogP contribution in [0.1, 0.15) is 5.69 Å². The van der Waals surface area contributed by atoms with Gasteiger partial charge in [0.15, 0.2) is 5.82 Å². The second kappa shape index (κ2) is 2.33. The fourth-order valence-electron chi connectivity index (χ4n) is 0.980. The molecule has 0 aromatic carbocycles. The van der Waals surface area contributed by atoms with Crippen LogP contribution in [-0.4, -0.2) is 26.9 Å². The zero-order chi connectivity index (χ0) is 8.55. The predicted molar refractivity (Wildman–Crippen MR) is 41.0 cm³/mol. The van der Waals surface area contributed by atoms with Crippen molar-refractivity contribution in [1.82, 2.24) is 9.97 Å². The molecule has 0 spiro atoms. The van der Waals surface area contributed by atoms with Crippen LogP contribution in [-0.2, 0) is 11.3 Å². The van der Waals surface area contributed by atoms with Gasteiger partial charge < -0.3 is 15.4 Å². The Morgan fingerprint density at radius 1 is 1.67 bits per heavy atom. The van der Waals surface area contributed by atoms with Gasteiger partial charge >= 0.3 is 5.97 Å². The van der Waals surface area contributed by atoms with Crippen molar-refractivity contribution in [2.45, 2.75) is 6.54 Å². The summed E-state index contributed by atoms with van der Waals surface area (Å²) in [7, 11) is 0. The second-order valence-corrected chi connectivity index (χ2v) is 2.32. The number of hydrogen-bond donors (Lipinski definition) is 3. The molecule has 0 bridgehead atoms. The zero-order valence-corrected chi connectivity index (χ0v) is 6.03. The van der Waals surface area contributed by atoms with Gasteiger partial charge in [-0.15, -0.1) is 0 Å². The van der Waals surface area contributed by atoms with Crippen LogP contribution in [0.3, 0.4) is 0 Å². The highest BCUT2D eigenvalue weighted by molar-refractivity contribution is 6.39. The van der Waals surface area contributed by atoms with Crippen molar-refractivity contribution < 1.29 is 9.90 Å². The Hall–Kier alpha value is -1.85. The molecule has 0 saturated heterocycles. The second-order valence-electron chi connectivity index (χ2n) is 2.32. The van der Waals surface area contributed by atoms with Gasteiger partial charge in [-0.05, 0) is 0 Å². The molecule has 0 radical (unpaired) electrons. The number of carbonyl (C=O) groups is 1. The van der Waals surface area contributed by atoms with Gasteiger partial charge in [0.25, 0.3) is 0 Å². The number of aromatic nitrogens is 2. The minimum atomic E-state index is -1.07. The number of nitrogens with one attached hydrogen (secondary N) is 2. The first-order chi connectivity index (χ1) is 5.77. The third-order valence-corrected chi connectivity index (χ3v) is 1.55. The van der Waals surface area contributed by atoms with E-state index in [0.29, 0.717) is 12.4 Å². The van der Waals surface area contributed by atoms with Gasteiger partial charge in [-0.1, -0.05) is 0 Å². The number of rotatable bonds is 1. The molecule has 0 unspecified atom stereocenters. The number of carboxylic acid groups (broad SMARTS) is 1. The number of H-pyrrole nitrogens is 1. The number of aliphatic imine (C=N–C) groups is 1. The Labute approximate surface area is 67.4 Å². The quantitative estimate of drug-likeness (QED) is 0.539. The molecule has 62 valence electrons. The minimum absolute atomic E-state index is 0.0606. The molecule has 1 aromatic heterocycles. The summed E-state index contributed by atoms with van der Waals surface area (Å²) in [6.07, 6.45) is 1.50. The molecule has 1 aliphatic heterocycles. The maximum atomic E-state index is 10.5. The van der Waals surface area contributed by atoms with E-state index < -0.39 is 5.97 Å². The van der Waals surface area contributed by atoms with E-state index in [1.54, 1.807) is 0 Å². The smallest absolute Gasteiger partial charge is 0.371 e. The highest BCUT2D eigenvalue weighted by Gasteiger charge is 2.17. The van der Waals surface area contributed by atoms with Crippen molar-refractivity contribution >= 4 is 17.6 Å². The van der Waals surface area contributed by atoms with Crippen LogP contribution in [0.4, 0.5) is 5.82 Å². The molecule has 0 aliphatic carbocycles. The van der Waals surface area contributed by atoms with E-state index in [4.69, 9.17) is 5.11 Å². The SMILES string of the molecule is O=C(O)C1=NCc2[nH]cnc2N1. The highest BCUT2D eigenvalue weighted by atomic mass is 16.4. The van der Waals surface area contributed by atoms with E-state index in [9.17, 15) is 4.79 Å². The summed E-state index contributed by atoms with van der Waals surface area (Å²) in [6.45, 7) is 0.337. The first kappa shape index (κ1) is 6.84. The molecule has 12 heavy (non-hydrogen) atoms. The summed E-state index contributed by atoms with van der Waals surface area (Å²) < 4.78 is 0. The molecule has 2 heterocycles. The van der Waals surface area contributed by atoms with Crippen LogP contribution in [0.2, 0.25) is 0 Å². The fourth-order valence-corrected chi connectivity index (χ4v) is 0.980. The van der Waals surface area contributed by atoms with Crippen LogP contribution in [0.15, 0.2) is 11.3 Å². The van der Waals surface area contributed by atoms with Crippen LogP contribution in [0.25, 0.3) is 0 Å². The molecule has 6 heteroatoms. The van der Waals surface area contributed by atoms with Gasteiger partial charge in [0.1, 0.15) is 0 Å². The van der Waals surface area contributed by atoms with Gasteiger partial charge in [0.2, 0.25) is 5.84 Å². The van der Waals surface area contributed by atoms with Gasteiger partial charge in [0.05, 0.1) is 18.6 Å². The first-order valence-corrected chi connectivity index (χ1v) is 3.34. The number of fused-ring (bicyclic) bond motifs is 1. The lowest BCUT2D eigenvalue weighted by molar-refractivity contribution is -0.129. The number of carboxylic acids is 1. The molecular formula is C6H6N4O2. The topological polar surface area (TPSA) is 90.4 Å².